The van der Waals surface area contributed by atoms with Crippen molar-refractivity contribution < 1.29 is 19.1 Å². The third-order valence-electron chi connectivity index (χ3n) is 3.33. The first-order valence-electron chi connectivity index (χ1n) is 8.30. The normalized spacial score (nSPS) is 9.85. The first-order chi connectivity index (χ1) is 13.0. The highest BCUT2D eigenvalue weighted by atomic mass is 32.1. The van der Waals surface area contributed by atoms with Crippen molar-refractivity contribution in [1.82, 2.24) is 16.2 Å². The molecule has 0 atom stereocenters. The lowest BCUT2D eigenvalue weighted by molar-refractivity contribution is -0.123. The Labute approximate surface area is 163 Å². The summed E-state index contributed by atoms with van der Waals surface area (Å²) in [7, 11) is 0. The maximum Gasteiger partial charge on any atom is 0.276 e. The standard InChI is InChI=1S/C19H21N3O4S/c1-3-25-15-9-7-14(8-10-15)18(24)20-19(27)22-21-17(23)12-26-16-6-4-5-13(2)11-16/h4-11H,3,12H2,1-2H3,(H,21,23)(H2,20,22,24,27). The van der Waals surface area contributed by atoms with E-state index in [2.05, 4.69) is 16.2 Å². The van der Waals surface area contributed by atoms with Crippen LogP contribution in [0, 0.1) is 6.92 Å². The molecule has 0 bridgehead atoms. The molecule has 2 amide bonds. The van der Waals surface area contributed by atoms with Gasteiger partial charge in [-0.25, -0.2) is 0 Å². The van der Waals surface area contributed by atoms with Crippen molar-refractivity contribution in [2.45, 2.75) is 13.8 Å². The molecule has 0 aliphatic heterocycles. The summed E-state index contributed by atoms with van der Waals surface area (Å²) in [6.07, 6.45) is 0. The lowest BCUT2D eigenvalue weighted by Crippen LogP contribution is -2.49. The molecule has 7 nitrogen and oxygen atoms in total. The highest BCUT2D eigenvalue weighted by Crippen LogP contribution is 2.12. The summed E-state index contributed by atoms with van der Waals surface area (Å²) in [5, 5.41) is 2.44. The minimum atomic E-state index is -0.436. The molecule has 0 saturated carbocycles. The van der Waals surface area contributed by atoms with Gasteiger partial charge < -0.3 is 9.47 Å². The number of ether oxygens (including phenoxy) is 2. The third kappa shape index (κ3) is 6.95. The van der Waals surface area contributed by atoms with Gasteiger partial charge in [-0.05, 0) is 68.0 Å². The van der Waals surface area contributed by atoms with Gasteiger partial charge in [0.1, 0.15) is 11.5 Å². The fraction of sp³-hybridized carbons (Fsp3) is 0.211. The molecule has 2 aromatic carbocycles. The average Bonchev–Trinajstić information content (AvgIpc) is 2.65. The van der Waals surface area contributed by atoms with E-state index in [4.69, 9.17) is 21.7 Å². The second-order valence-electron chi connectivity index (χ2n) is 5.52. The Balaban J connectivity index is 1.73. The van der Waals surface area contributed by atoms with Gasteiger partial charge in [0.2, 0.25) is 0 Å². The Morgan fingerprint density at radius 1 is 1.00 bits per heavy atom. The Morgan fingerprint density at radius 2 is 1.74 bits per heavy atom. The topological polar surface area (TPSA) is 88.7 Å². The molecule has 0 heterocycles. The molecule has 2 rings (SSSR count). The first-order valence-corrected chi connectivity index (χ1v) is 8.71. The average molecular weight is 387 g/mol. The van der Waals surface area contributed by atoms with E-state index in [0.29, 0.717) is 23.7 Å². The maximum absolute atomic E-state index is 12.1. The lowest BCUT2D eigenvalue weighted by atomic mass is 10.2. The van der Waals surface area contributed by atoms with Crippen LogP contribution in [0.3, 0.4) is 0 Å². The van der Waals surface area contributed by atoms with E-state index in [1.165, 1.54) is 0 Å². The monoisotopic (exact) mass is 387 g/mol. The Kier molecular flexibility index (Phi) is 7.57. The second kappa shape index (κ2) is 10.1. The van der Waals surface area contributed by atoms with Crippen LogP contribution in [0.2, 0.25) is 0 Å². The van der Waals surface area contributed by atoms with Gasteiger partial charge >= 0.3 is 0 Å². The van der Waals surface area contributed by atoms with E-state index in [9.17, 15) is 9.59 Å². The molecule has 0 aliphatic carbocycles. The van der Waals surface area contributed by atoms with Gasteiger partial charge in [0, 0.05) is 5.56 Å². The van der Waals surface area contributed by atoms with Crippen molar-refractivity contribution >= 4 is 29.1 Å². The molecular weight excluding hydrogens is 366 g/mol. The van der Waals surface area contributed by atoms with Gasteiger partial charge in [0.25, 0.3) is 11.8 Å². The predicted molar refractivity (Wildman–Crippen MR) is 106 cm³/mol. The molecule has 0 saturated heterocycles. The quantitative estimate of drug-likeness (QED) is 0.520. The molecular formula is C19H21N3O4S. The third-order valence-corrected chi connectivity index (χ3v) is 3.53. The molecule has 0 spiro atoms. The highest BCUT2D eigenvalue weighted by Gasteiger charge is 2.09. The smallest absolute Gasteiger partial charge is 0.276 e. The number of thiocarbonyl (C=S) groups is 1. The van der Waals surface area contributed by atoms with E-state index in [1.807, 2.05) is 32.0 Å². The van der Waals surface area contributed by atoms with Crippen molar-refractivity contribution in [2.75, 3.05) is 13.2 Å². The fourth-order valence-electron chi connectivity index (χ4n) is 2.09. The molecule has 3 N–H and O–H groups in total. The van der Waals surface area contributed by atoms with Gasteiger partial charge in [0.05, 0.1) is 6.61 Å². The molecule has 0 unspecified atom stereocenters. The molecule has 142 valence electrons. The molecule has 0 aromatic heterocycles. The first kappa shape index (κ1) is 20.2. The van der Waals surface area contributed by atoms with E-state index in [0.717, 1.165) is 5.56 Å². The summed E-state index contributed by atoms with van der Waals surface area (Å²) in [6, 6.07) is 14.0. The Morgan fingerprint density at radius 3 is 2.41 bits per heavy atom. The van der Waals surface area contributed by atoms with Crippen LogP contribution < -0.4 is 25.6 Å². The number of carbonyl (C=O) groups is 2. The number of benzene rings is 2. The Bertz CT molecular complexity index is 809. The van der Waals surface area contributed by atoms with Crippen molar-refractivity contribution in [3.05, 3.63) is 59.7 Å². The summed E-state index contributed by atoms with van der Waals surface area (Å²) < 4.78 is 10.7. The van der Waals surface area contributed by atoms with Gasteiger partial charge in [-0.1, -0.05) is 12.1 Å². The van der Waals surface area contributed by atoms with Gasteiger partial charge in [0.15, 0.2) is 11.7 Å². The number of carbonyl (C=O) groups excluding carboxylic acids is 2. The van der Waals surface area contributed by atoms with Crippen LogP contribution in [0.25, 0.3) is 0 Å². The zero-order chi connectivity index (χ0) is 19.6. The van der Waals surface area contributed by atoms with Gasteiger partial charge in [-0.3, -0.25) is 25.8 Å². The zero-order valence-corrected chi connectivity index (χ0v) is 15.9. The molecule has 2 aromatic rings. The van der Waals surface area contributed by atoms with Crippen molar-refractivity contribution in [3.8, 4) is 11.5 Å². The van der Waals surface area contributed by atoms with E-state index in [-0.39, 0.29) is 11.7 Å². The SMILES string of the molecule is CCOc1ccc(C(=O)NC(=S)NNC(=O)COc2cccc(C)c2)cc1. The molecule has 0 radical (unpaired) electrons. The number of hydrogen-bond donors (Lipinski definition) is 3. The number of rotatable bonds is 6. The van der Waals surface area contributed by atoms with Crippen molar-refractivity contribution in [3.63, 3.8) is 0 Å². The maximum atomic E-state index is 12.1. The second-order valence-corrected chi connectivity index (χ2v) is 5.93. The minimum absolute atomic E-state index is 0.0298. The van der Waals surface area contributed by atoms with E-state index in [1.54, 1.807) is 30.3 Å². The lowest BCUT2D eigenvalue weighted by Gasteiger charge is -2.12. The number of hydrogen-bond acceptors (Lipinski definition) is 5. The predicted octanol–water partition coefficient (Wildman–Crippen LogP) is 2.11. The molecule has 0 aliphatic rings. The summed E-state index contributed by atoms with van der Waals surface area (Å²) in [5.41, 5.74) is 6.26. The van der Waals surface area contributed by atoms with Gasteiger partial charge in [-0.15, -0.1) is 0 Å². The minimum Gasteiger partial charge on any atom is -0.494 e. The van der Waals surface area contributed by atoms with Gasteiger partial charge in [-0.2, -0.15) is 0 Å². The Hall–Kier alpha value is -3.13. The van der Waals surface area contributed by atoms with Crippen LogP contribution in [-0.4, -0.2) is 30.1 Å². The molecule has 27 heavy (non-hydrogen) atoms. The van der Waals surface area contributed by atoms with Crippen LogP contribution in [0.4, 0.5) is 0 Å². The highest BCUT2D eigenvalue weighted by molar-refractivity contribution is 7.80. The van der Waals surface area contributed by atoms with Crippen LogP contribution in [0.15, 0.2) is 48.5 Å². The summed E-state index contributed by atoms with van der Waals surface area (Å²) >= 11 is 4.99. The molecule has 0 fully saturated rings. The zero-order valence-electron chi connectivity index (χ0n) is 15.1. The number of aryl methyl sites for hydroxylation is 1. The summed E-state index contributed by atoms with van der Waals surface area (Å²) in [4.78, 5) is 23.9. The summed E-state index contributed by atoms with van der Waals surface area (Å²) in [5.74, 6) is 0.433. The van der Waals surface area contributed by atoms with E-state index < -0.39 is 11.8 Å². The van der Waals surface area contributed by atoms with Crippen LogP contribution in [-0.2, 0) is 4.79 Å². The van der Waals surface area contributed by atoms with Crippen LogP contribution >= 0.6 is 12.2 Å². The van der Waals surface area contributed by atoms with Crippen molar-refractivity contribution in [2.24, 2.45) is 0 Å². The number of nitrogens with one attached hydrogen (secondary N) is 3. The number of amides is 2. The molecule has 8 heteroatoms. The fourth-order valence-corrected chi connectivity index (χ4v) is 2.24. The van der Waals surface area contributed by atoms with E-state index >= 15 is 0 Å². The largest absolute Gasteiger partial charge is 0.494 e. The van der Waals surface area contributed by atoms with Crippen LogP contribution in [0.5, 0.6) is 11.5 Å². The van der Waals surface area contributed by atoms with Crippen molar-refractivity contribution in [1.29, 1.82) is 0 Å². The summed E-state index contributed by atoms with van der Waals surface area (Å²) in [6.45, 7) is 4.17. The van der Waals surface area contributed by atoms with Crippen LogP contribution in [0.1, 0.15) is 22.8 Å². The number of hydrazine groups is 1.